The van der Waals surface area contributed by atoms with Crippen molar-refractivity contribution >= 4 is 39.4 Å². The van der Waals surface area contributed by atoms with Crippen LogP contribution in [0.4, 0.5) is 0 Å². The summed E-state index contributed by atoms with van der Waals surface area (Å²) >= 11 is 0. The van der Waals surface area contributed by atoms with Crippen LogP contribution in [-0.2, 0) is 16.0 Å². The van der Waals surface area contributed by atoms with Crippen LogP contribution in [0.25, 0.3) is 33.1 Å². The van der Waals surface area contributed by atoms with Gasteiger partial charge in [-0.1, -0.05) is 73.5 Å². The maximum absolute atomic E-state index is 13.5. The Labute approximate surface area is 245 Å². The number of aromatic amines is 1. The average Bonchev–Trinajstić information content (AvgIpc) is 3.38. The van der Waals surface area contributed by atoms with Gasteiger partial charge in [-0.15, -0.1) is 0 Å². The fraction of sp³-hybridized carbons (Fsp3) is 0.257. The summed E-state index contributed by atoms with van der Waals surface area (Å²) in [5, 5.41) is 7.94. The van der Waals surface area contributed by atoms with Crippen molar-refractivity contribution in [2.24, 2.45) is 0 Å². The van der Waals surface area contributed by atoms with Crippen molar-refractivity contribution in [3.63, 3.8) is 0 Å². The lowest BCUT2D eigenvalue weighted by atomic mass is 10.0. The van der Waals surface area contributed by atoms with Crippen LogP contribution in [-0.4, -0.2) is 40.2 Å². The number of aromatic nitrogens is 2. The molecule has 0 aliphatic rings. The maximum atomic E-state index is 13.5. The van der Waals surface area contributed by atoms with E-state index in [1.54, 1.807) is 31.3 Å². The van der Waals surface area contributed by atoms with Crippen LogP contribution in [0.2, 0.25) is 0 Å². The summed E-state index contributed by atoms with van der Waals surface area (Å²) < 4.78 is 0. The number of amides is 2. The summed E-state index contributed by atoms with van der Waals surface area (Å²) in [5.41, 5.74) is 5.55. The number of rotatable bonds is 13. The number of H-pyrrole nitrogens is 1. The normalized spacial score (nSPS) is 11.8. The number of carbonyl (C=O) groups is 3. The highest BCUT2D eigenvalue weighted by Gasteiger charge is 2.22. The molecule has 0 unspecified atom stereocenters. The van der Waals surface area contributed by atoms with Crippen LogP contribution < -0.4 is 10.6 Å². The summed E-state index contributed by atoms with van der Waals surface area (Å²) in [7, 11) is 0. The number of ketones is 1. The van der Waals surface area contributed by atoms with Crippen LogP contribution in [0.1, 0.15) is 54.9 Å². The molecule has 0 saturated heterocycles. The molecule has 3 aromatic carbocycles. The fourth-order valence-electron chi connectivity index (χ4n) is 5.45. The van der Waals surface area contributed by atoms with Gasteiger partial charge in [-0.3, -0.25) is 14.6 Å². The number of nitrogens with one attached hydrogen (secondary N) is 3. The van der Waals surface area contributed by atoms with Gasteiger partial charge in [0.15, 0.2) is 0 Å². The third-order valence-electron chi connectivity index (χ3n) is 7.58. The zero-order valence-electron chi connectivity index (χ0n) is 23.9. The molecule has 0 fully saturated rings. The second-order valence-electron chi connectivity index (χ2n) is 10.6. The number of carbonyl (C=O) groups excluding carboxylic acids is 3. The topological polar surface area (TPSA) is 104 Å². The Morgan fingerprint density at radius 3 is 2.45 bits per heavy atom. The summed E-state index contributed by atoms with van der Waals surface area (Å²) in [5.74, 6) is -0.357. The van der Waals surface area contributed by atoms with Crippen LogP contribution in [0, 0.1) is 0 Å². The highest BCUT2D eigenvalue weighted by atomic mass is 16.2. The number of hydrogen-bond acceptors (Lipinski definition) is 4. The van der Waals surface area contributed by atoms with Gasteiger partial charge in [0.25, 0.3) is 5.91 Å². The van der Waals surface area contributed by atoms with Gasteiger partial charge in [0.05, 0.1) is 5.52 Å². The summed E-state index contributed by atoms with van der Waals surface area (Å²) in [6.07, 6.45) is 5.65. The Balaban J connectivity index is 1.30. The number of pyridine rings is 1. The molecule has 0 spiro atoms. The largest absolute Gasteiger partial charge is 0.354 e. The molecule has 2 amide bonds. The molecule has 7 nitrogen and oxygen atoms in total. The molecule has 7 heteroatoms. The van der Waals surface area contributed by atoms with Crippen LogP contribution in [0.5, 0.6) is 0 Å². The van der Waals surface area contributed by atoms with E-state index in [1.165, 1.54) is 0 Å². The number of unbranched alkanes of at least 4 members (excludes halogenated alkanes) is 2. The summed E-state index contributed by atoms with van der Waals surface area (Å²) in [6, 6.07) is 26.7. The van der Waals surface area contributed by atoms with Crippen LogP contribution in [0.15, 0.2) is 91.1 Å². The molecule has 2 heterocycles. The molecule has 42 heavy (non-hydrogen) atoms. The first-order valence-electron chi connectivity index (χ1n) is 14.6. The third-order valence-corrected chi connectivity index (χ3v) is 7.58. The second-order valence-corrected chi connectivity index (χ2v) is 10.6. The van der Waals surface area contributed by atoms with E-state index in [9.17, 15) is 14.4 Å². The summed E-state index contributed by atoms with van der Waals surface area (Å²) in [6.45, 7) is 2.02. The molecule has 5 rings (SSSR count). The first kappa shape index (κ1) is 28.7. The third kappa shape index (κ3) is 6.92. The molecule has 214 valence electrons. The molecular formula is C35H36N4O3. The molecule has 5 aromatic rings. The zero-order chi connectivity index (χ0) is 29.3. The summed E-state index contributed by atoms with van der Waals surface area (Å²) in [4.78, 5) is 46.1. The van der Waals surface area contributed by atoms with Crippen molar-refractivity contribution in [2.75, 3.05) is 6.54 Å². The van der Waals surface area contributed by atoms with Crippen molar-refractivity contribution in [3.05, 3.63) is 102 Å². The lowest BCUT2D eigenvalue weighted by Crippen LogP contribution is -2.47. The highest BCUT2D eigenvalue weighted by molar-refractivity contribution is 6.07. The molecule has 0 radical (unpaired) electrons. The Morgan fingerprint density at radius 2 is 1.62 bits per heavy atom. The predicted octanol–water partition coefficient (Wildman–Crippen LogP) is 6.38. The molecule has 0 aliphatic carbocycles. The molecule has 3 N–H and O–H groups in total. The van der Waals surface area contributed by atoms with Crippen LogP contribution >= 0.6 is 0 Å². The molecule has 0 saturated carbocycles. The van der Waals surface area contributed by atoms with Gasteiger partial charge in [0.1, 0.15) is 11.8 Å². The van der Waals surface area contributed by atoms with E-state index in [0.717, 1.165) is 57.9 Å². The Hall–Kier alpha value is -4.78. The van der Waals surface area contributed by atoms with E-state index in [0.29, 0.717) is 31.4 Å². The van der Waals surface area contributed by atoms with Gasteiger partial charge in [-0.25, -0.2) is 0 Å². The molecule has 0 bridgehead atoms. The minimum Gasteiger partial charge on any atom is -0.354 e. The van der Waals surface area contributed by atoms with Gasteiger partial charge >= 0.3 is 0 Å². The highest BCUT2D eigenvalue weighted by Crippen LogP contribution is 2.30. The van der Waals surface area contributed by atoms with Crippen molar-refractivity contribution < 1.29 is 14.4 Å². The van der Waals surface area contributed by atoms with Crippen LogP contribution in [0.3, 0.4) is 0 Å². The molecule has 0 aliphatic heterocycles. The first-order valence-corrected chi connectivity index (χ1v) is 14.6. The monoisotopic (exact) mass is 560 g/mol. The minimum atomic E-state index is -0.696. The molecule has 1 atom stereocenters. The van der Waals surface area contributed by atoms with Gasteiger partial charge in [-0.2, -0.15) is 0 Å². The van der Waals surface area contributed by atoms with E-state index < -0.39 is 6.04 Å². The van der Waals surface area contributed by atoms with Gasteiger partial charge < -0.3 is 20.4 Å². The standard InChI is InChI=1S/C35H36N4O3/c1-24(40)12-4-2-7-19-32(39-34(41)29-16-10-20-30-27(29)17-11-22-36-30)35(42)37-23-21-28-26-15-8-9-18-31(26)38-33(28)25-13-5-3-6-14-25/h3,5-6,8-11,13-18,20,22,32,38H,2,4,7,12,19,21,23H2,1H3,(H,37,42)(H,39,41)/t32-/m0/s1. The average molecular weight is 561 g/mol. The smallest absolute Gasteiger partial charge is 0.252 e. The quantitative estimate of drug-likeness (QED) is 0.145. The van der Waals surface area contributed by atoms with Gasteiger partial charge in [0.2, 0.25) is 5.91 Å². The Morgan fingerprint density at radius 1 is 0.833 bits per heavy atom. The Bertz CT molecular complexity index is 1690. The lowest BCUT2D eigenvalue weighted by Gasteiger charge is -2.19. The number of Topliss-reactive ketones (excluding diaryl/α,β-unsaturated/α-hetero) is 1. The molecular weight excluding hydrogens is 524 g/mol. The van der Waals surface area contributed by atoms with Gasteiger partial charge in [0, 0.05) is 46.7 Å². The maximum Gasteiger partial charge on any atom is 0.252 e. The predicted molar refractivity (Wildman–Crippen MR) is 167 cm³/mol. The van der Waals surface area contributed by atoms with E-state index in [-0.39, 0.29) is 17.6 Å². The SMILES string of the molecule is CC(=O)CCCCC[C@H](NC(=O)c1cccc2ncccc12)C(=O)NCCc1c(-c2ccccc2)[nH]c2ccccc12. The van der Waals surface area contributed by atoms with Crippen molar-refractivity contribution in [3.8, 4) is 11.3 Å². The Kier molecular flexibility index (Phi) is 9.39. The minimum absolute atomic E-state index is 0.161. The van der Waals surface area contributed by atoms with Crippen molar-refractivity contribution in [2.45, 2.75) is 51.5 Å². The van der Waals surface area contributed by atoms with E-state index in [4.69, 9.17) is 0 Å². The number of hydrogen-bond donors (Lipinski definition) is 3. The van der Waals surface area contributed by atoms with Crippen molar-refractivity contribution in [1.29, 1.82) is 0 Å². The second kappa shape index (κ2) is 13.7. The van der Waals surface area contributed by atoms with E-state index >= 15 is 0 Å². The fourth-order valence-corrected chi connectivity index (χ4v) is 5.45. The van der Waals surface area contributed by atoms with Gasteiger partial charge in [-0.05, 0) is 61.6 Å². The molecule has 2 aromatic heterocycles. The number of para-hydroxylation sites is 1. The lowest BCUT2D eigenvalue weighted by molar-refractivity contribution is -0.123. The number of nitrogens with zero attached hydrogens (tertiary/aromatic N) is 1. The van der Waals surface area contributed by atoms with Crippen molar-refractivity contribution in [1.82, 2.24) is 20.6 Å². The van der Waals surface area contributed by atoms with E-state index in [1.807, 2.05) is 42.5 Å². The number of fused-ring (bicyclic) bond motifs is 2. The zero-order valence-corrected chi connectivity index (χ0v) is 23.9. The van der Waals surface area contributed by atoms with E-state index in [2.05, 4.69) is 44.9 Å². The number of benzene rings is 3. The first-order chi connectivity index (χ1) is 20.5.